The maximum absolute atomic E-state index is 5.33. The first-order valence-corrected chi connectivity index (χ1v) is 7.76. The molecule has 0 radical (unpaired) electrons. The smallest absolute Gasteiger partial charge is 0.119 e. The fraction of sp³-hybridized carbons (Fsp3) is 0.333. The second-order valence-electron chi connectivity index (χ2n) is 5.28. The van der Waals surface area contributed by atoms with E-state index in [4.69, 9.17) is 9.47 Å². The maximum atomic E-state index is 5.33. The molecule has 0 aliphatic rings. The van der Waals surface area contributed by atoms with E-state index in [1.165, 1.54) is 32.0 Å². The van der Waals surface area contributed by atoms with E-state index in [1.54, 1.807) is 14.2 Å². The largest absolute Gasteiger partial charge is 0.497 e. The van der Waals surface area contributed by atoms with Crippen molar-refractivity contribution in [3.05, 3.63) is 46.5 Å². The van der Waals surface area contributed by atoms with Crippen LogP contribution in [-0.2, 0) is 0 Å². The highest BCUT2D eigenvalue weighted by atomic mass is 32.2. The first-order valence-electron chi connectivity index (χ1n) is 6.94. The van der Waals surface area contributed by atoms with Crippen LogP contribution in [0.4, 0.5) is 0 Å². The Kier molecular flexibility index (Phi) is 4.84. The van der Waals surface area contributed by atoms with Crippen molar-refractivity contribution in [3.63, 3.8) is 0 Å². The van der Waals surface area contributed by atoms with Crippen LogP contribution in [0.25, 0.3) is 0 Å². The molecule has 0 spiro atoms. The Morgan fingerprint density at radius 3 is 1.14 bits per heavy atom. The molecule has 0 fully saturated rings. The zero-order chi connectivity index (χ0) is 15.6. The van der Waals surface area contributed by atoms with Crippen LogP contribution < -0.4 is 9.47 Å². The number of ether oxygens (including phenoxy) is 2. The van der Waals surface area contributed by atoms with Gasteiger partial charge >= 0.3 is 0 Å². The quantitative estimate of drug-likeness (QED) is 0.784. The zero-order valence-electron chi connectivity index (χ0n) is 13.5. The number of hydrogen-bond acceptors (Lipinski definition) is 3. The van der Waals surface area contributed by atoms with Gasteiger partial charge in [-0.2, -0.15) is 0 Å². The number of rotatable bonds is 4. The van der Waals surface area contributed by atoms with Crippen molar-refractivity contribution >= 4 is 11.8 Å². The molecule has 0 amide bonds. The van der Waals surface area contributed by atoms with Crippen molar-refractivity contribution in [2.24, 2.45) is 0 Å². The van der Waals surface area contributed by atoms with E-state index < -0.39 is 0 Å². The lowest BCUT2D eigenvalue weighted by Gasteiger charge is -2.15. The minimum atomic E-state index is 0.914. The van der Waals surface area contributed by atoms with Crippen LogP contribution >= 0.6 is 11.8 Å². The Balaban J connectivity index is 2.43. The van der Waals surface area contributed by atoms with Crippen LogP contribution in [0, 0.1) is 27.7 Å². The first-order chi connectivity index (χ1) is 9.96. The summed E-state index contributed by atoms with van der Waals surface area (Å²) in [6.45, 7) is 8.52. The predicted molar refractivity (Wildman–Crippen MR) is 89.1 cm³/mol. The summed E-state index contributed by atoms with van der Waals surface area (Å²) >= 11 is 1.82. The maximum Gasteiger partial charge on any atom is 0.119 e. The van der Waals surface area contributed by atoms with E-state index in [0.29, 0.717) is 0 Å². The molecule has 0 heterocycles. The Bertz CT molecular complexity index is 559. The fourth-order valence-electron chi connectivity index (χ4n) is 2.48. The van der Waals surface area contributed by atoms with Crippen LogP contribution in [-0.4, -0.2) is 14.2 Å². The molecule has 0 unspecified atom stereocenters. The van der Waals surface area contributed by atoms with Gasteiger partial charge in [-0.15, -0.1) is 0 Å². The van der Waals surface area contributed by atoms with Gasteiger partial charge in [0.2, 0.25) is 0 Å². The number of methoxy groups -OCH3 is 2. The number of aryl methyl sites for hydroxylation is 4. The third-order valence-electron chi connectivity index (χ3n) is 3.54. The monoisotopic (exact) mass is 302 g/mol. The molecule has 0 saturated carbocycles. The molecule has 2 rings (SSSR count). The van der Waals surface area contributed by atoms with Gasteiger partial charge in [0, 0.05) is 9.79 Å². The minimum Gasteiger partial charge on any atom is -0.497 e. The average molecular weight is 302 g/mol. The summed E-state index contributed by atoms with van der Waals surface area (Å²) in [5, 5.41) is 0. The van der Waals surface area contributed by atoms with Gasteiger partial charge in [0.25, 0.3) is 0 Å². The van der Waals surface area contributed by atoms with Crippen molar-refractivity contribution in [2.45, 2.75) is 37.5 Å². The molecule has 0 bridgehead atoms. The van der Waals surface area contributed by atoms with Gasteiger partial charge < -0.3 is 9.47 Å². The van der Waals surface area contributed by atoms with Crippen molar-refractivity contribution in [2.75, 3.05) is 14.2 Å². The van der Waals surface area contributed by atoms with Crippen LogP contribution in [0.1, 0.15) is 22.3 Å². The predicted octanol–water partition coefficient (Wildman–Crippen LogP) is 5.09. The summed E-state index contributed by atoms with van der Waals surface area (Å²) in [6.07, 6.45) is 0. The third kappa shape index (κ3) is 3.35. The summed E-state index contributed by atoms with van der Waals surface area (Å²) < 4.78 is 10.7. The molecule has 3 heteroatoms. The van der Waals surface area contributed by atoms with E-state index in [2.05, 4.69) is 52.0 Å². The van der Waals surface area contributed by atoms with Crippen LogP contribution in [0.15, 0.2) is 34.1 Å². The lowest BCUT2D eigenvalue weighted by molar-refractivity contribution is 0.413. The SMILES string of the molecule is COc1cc(C)c(Sc2c(C)cc(OC)cc2C)c(C)c1. The normalized spacial score (nSPS) is 10.6. The Labute approximate surface area is 131 Å². The Morgan fingerprint density at radius 2 is 0.905 bits per heavy atom. The van der Waals surface area contributed by atoms with Gasteiger partial charge in [-0.1, -0.05) is 11.8 Å². The van der Waals surface area contributed by atoms with Gasteiger partial charge in [-0.3, -0.25) is 0 Å². The summed E-state index contributed by atoms with van der Waals surface area (Å²) in [6, 6.07) is 8.35. The topological polar surface area (TPSA) is 18.5 Å². The van der Waals surface area contributed by atoms with Gasteiger partial charge in [0.15, 0.2) is 0 Å². The molecule has 2 aromatic carbocycles. The molecule has 0 atom stereocenters. The molecule has 0 saturated heterocycles. The second kappa shape index (κ2) is 6.44. The Hall–Kier alpha value is -1.61. The van der Waals surface area contributed by atoms with E-state index >= 15 is 0 Å². The van der Waals surface area contributed by atoms with E-state index in [0.717, 1.165) is 11.5 Å². The fourth-order valence-corrected chi connectivity index (χ4v) is 3.56. The van der Waals surface area contributed by atoms with Gasteiger partial charge in [-0.05, 0) is 74.2 Å². The standard InChI is InChI=1S/C18H22O2S/c1-11-7-15(19-5)8-12(2)17(11)21-18-13(3)9-16(20-6)10-14(18)4/h7-10H,1-6H3. The van der Waals surface area contributed by atoms with Gasteiger partial charge in [0.1, 0.15) is 11.5 Å². The van der Waals surface area contributed by atoms with E-state index in [-0.39, 0.29) is 0 Å². The first kappa shape index (κ1) is 15.8. The molecular formula is C18H22O2S. The van der Waals surface area contributed by atoms with Gasteiger partial charge in [0.05, 0.1) is 14.2 Å². The van der Waals surface area contributed by atoms with Crippen LogP contribution in [0.3, 0.4) is 0 Å². The zero-order valence-corrected chi connectivity index (χ0v) is 14.4. The molecule has 21 heavy (non-hydrogen) atoms. The van der Waals surface area contributed by atoms with Crippen LogP contribution in [0.5, 0.6) is 11.5 Å². The minimum absolute atomic E-state index is 0.914. The summed E-state index contributed by atoms with van der Waals surface area (Å²) in [5.74, 6) is 1.83. The molecule has 112 valence electrons. The summed E-state index contributed by atoms with van der Waals surface area (Å²) in [4.78, 5) is 2.60. The highest BCUT2D eigenvalue weighted by molar-refractivity contribution is 7.99. The second-order valence-corrected chi connectivity index (χ2v) is 6.30. The lowest BCUT2D eigenvalue weighted by Crippen LogP contribution is -1.93. The number of hydrogen-bond donors (Lipinski definition) is 0. The summed E-state index contributed by atoms with van der Waals surface area (Å²) in [7, 11) is 3.41. The van der Waals surface area contributed by atoms with E-state index in [1.807, 2.05) is 11.8 Å². The van der Waals surface area contributed by atoms with E-state index in [9.17, 15) is 0 Å². The van der Waals surface area contributed by atoms with Crippen molar-refractivity contribution < 1.29 is 9.47 Å². The highest BCUT2D eigenvalue weighted by Crippen LogP contribution is 2.39. The number of benzene rings is 2. The molecular weight excluding hydrogens is 280 g/mol. The molecule has 0 aliphatic heterocycles. The molecule has 2 nitrogen and oxygen atoms in total. The average Bonchev–Trinajstić information content (AvgIpc) is 2.44. The lowest BCUT2D eigenvalue weighted by atomic mass is 10.1. The van der Waals surface area contributed by atoms with Crippen molar-refractivity contribution in [1.29, 1.82) is 0 Å². The highest BCUT2D eigenvalue weighted by Gasteiger charge is 2.12. The van der Waals surface area contributed by atoms with Crippen molar-refractivity contribution in [3.8, 4) is 11.5 Å². The Morgan fingerprint density at radius 1 is 0.619 bits per heavy atom. The third-order valence-corrected chi connectivity index (χ3v) is 5.24. The molecule has 0 aromatic heterocycles. The van der Waals surface area contributed by atoms with Crippen molar-refractivity contribution in [1.82, 2.24) is 0 Å². The molecule has 2 aromatic rings. The van der Waals surface area contributed by atoms with Crippen LogP contribution in [0.2, 0.25) is 0 Å². The van der Waals surface area contributed by atoms with Gasteiger partial charge in [-0.25, -0.2) is 0 Å². The molecule has 0 N–H and O–H groups in total. The summed E-state index contributed by atoms with van der Waals surface area (Å²) in [5.41, 5.74) is 4.97. The molecule has 0 aliphatic carbocycles.